The van der Waals surface area contributed by atoms with Crippen LogP contribution in [0.5, 0.6) is 0 Å². The molecule has 0 radical (unpaired) electrons. The summed E-state index contributed by atoms with van der Waals surface area (Å²) >= 11 is 0. The molecule has 1 aliphatic rings. The Morgan fingerprint density at radius 2 is 1.23 bits per heavy atom. The zero-order valence-corrected chi connectivity index (χ0v) is 18.1. The van der Waals surface area contributed by atoms with E-state index in [2.05, 4.69) is 72.2 Å². The van der Waals surface area contributed by atoms with Crippen molar-refractivity contribution in [3.63, 3.8) is 0 Å². The Morgan fingerprint density at radius 3 is 1.68 bits per heavy atom. The normalized spacial score (nSPS) is 15.6. The van der Waals surface area contributed by atoms with Crippen LogP contribution in [0.4, 0.5) is 11.4 Å². The van der Waals surface area contributed by atoms with E-state index in [9.17, 15) is 5.11 Å². The van der Waals surface area contributed by atoms with Crippen LogP contribution in [0.2, 0.25) is 0 Å². The lowest BCUT2D eigenvalue weighted by Crippen LogP contribution is -2.31. The van der Waals surface area contributed by atoms with Gasteiger partial charge in [0.15, 0.2) is 0 Å². The van der Waals surface area contributed by atoms with Gasteiger partial charge in [-0.05, 0) is 38.1 Å². The molecule has 31 heavy (non-hydrogen) atoms. The fourth-order valence-electron chi connectivity index (χ4n) is 4.75. The van der Waals surface area contributed by atoms with E-state index in [4.69, 9.17) is 9.97 Å². The first-order valence-corrected chi connectivity index (χ1v) is 11.0. The maximum absolute atomic E-state index is 10.2. The van der Waals surface area contributed by atoms with Gasteiger partial charge in [0.25, 0.3) is 0 Å². The third-order valence-electron chi connectivity index (χ3n) is 6.18. The maximum Gasteiger partial charge on any atom is 0.0726 e. The van der Waals surface area contributed by atoms with E-state index >= 15 is 0 Å². The summed E-state index contributed by atoms with van der Waals surface area (Å²) in [5, 5.41) is 12.5. The minimum atomic E-state index is 0.155. The summed E-state index contributed by atoms with van der Waals surface area (Å²) < 4.78 is 0. The van der Waals surface area contributed by atoms with Crippen LogP contribution in [0.25, 0.3) is 21.8 Å². The van der Waals surface area contributed by atoms with Gasteiger partial charge in [0.2, 0.25) is 0 Å². The zero-order chi connectivity index (χ0) is 21.4. The summed E-state index contributed by atoms with van der Waals surface area (Å²) in [6.45, 7) is 7.69. The minimum Gasteiger partial charge on any atom is -0.396 e. The first kappa shape index (κ1) is 19.8. The van der Waals surface area contributed by atoms with Gasteiger partial charge < -0.3 is 14.9 Å². The zero-order valence-electron chi connectivity index (χ0n) is 18.1. The highest BCUT2D eigenvalue weighted by atomic mass is 16.3. The number of para-hydroxylation sites is 2. The number of aliphatic hydroxyl groups is 1. The molecule has 5 nitrogen and oxygen atoms in total. The molecule has 0 amide bonds. The van der Waals surface area contributed by atoms with Crippen molar-refractivity contribution in [2.45, 2.75) is 13.8 Å². The molecular formula is C26H28N4O. The molecule has 0 spiro atoms. The highest BCUT2D eigenvalue weighted by molar-refractivity contribution is 5.93. The number of hydrogen-bond acceptors (Lipinski definition) is 5. The van der Waals surface area contributed by atoms with Crippen molar-refractivity contribution in [1.29, 1.82) is 0 Å². The molecule has 2 aromatic heterocycles. The quantitative estimate of drug-likeness (QED) is 0.543. The second-order valence-electron chi connectivity index (χ2n) is 8.54. The molecule has 0 atom stereocenters. The summed E-state index contributed by atoms with van der Waals surface area (Å²) in [6.07, 6.45) is 0. The van der Waals surface area contributed by atoms with E-state index in [1.165, 1.54) is 22.1 Å². The third-order valence-corrected chi connectivity index (χ3v) is 6.18. The standard InChI is InChI=1S/C26H28N4O/c1-18-13-25(21-7-3-5-9-23(21)27-18)29-11-12-30(16-20(15-29)17-31)26-14-19(2)28-24-10-6-4-8-22(24)26/h3-10,13-14,20,31H,11-12,15-17H2,1-2H3. The van der Waals surface area contributed by atoms with Crippen molar-refractivity contribution in [1.82, 2.24) is 9.97 Å². The number of benzene rings is 2. The Balaban J connectivity index is 1.54. The van der Waals surface area contributed by atoms with Crippen LogP contribution in [0.3, 0.4) is 0 Å². The molecule has 3 heterocycles. The van der Waals surface area contributed by atoms with Crippen LogP contribution in [0.1, 0.15) is 11.4 Å². The summed E-state index contributed by atoms with van der Waals surface area (Å²) in [6, 6.07) is 21.0. The lowest BCUT2D eigenvalue weighted by atomic mass is 10.1. The Morgan fingerprint density at radius 1 is 0.774 bits per heavy atom. The molecule has 2 aromatic carbocycles. The number of aromatic nitrogens is 2. The van der Waals surface area contributed by atoms with E-state index in [0.29, 0.717) is 0 Å². The Bertz CT molecular complexity index is 1140. The molecule has 5 rings (SSSR count). The first-order chi connectivity index (χ1) is 15.1. The monoisotopic (exact) mass is 412 g/mol. The molecule has 1 aliphatic heterocycles. The number of anilines is 2. The highest BCUT2D eigenvalue weighted by Crippen LogP contribution is 2.32. The second-order valence-corrected chi connectivity index (χ2v) is 8.54. The van der Waals surface area contributed by atoms with Crippen molar-refractivity contribution in [2.75, 3.05) is 42.6 Å². The number of fused-ring (bicyclic) bond motifs is 2. The smallest absolute Gasteiger partial charge is 0.0726 e. The van der Waals surface area contributed by atoms with Crippen LogP contribution in [0, 0.1) is 19.8 Å². The Hall–Kier alpha value is -3.18. The fraction of sp³-hybridized carbons (Fsp3) is 0.308. The van der Waals surface area contributed by atoms with Crippen LogP contribution >= 0.6 is 0 Å². The molecule has 0 bridgehead atoms. The van der Waals surface area contributed by atoms with Crippen molar-refractivity contribution >= 4 is 33.2 Å². The summed E-state index contributed by atoms with van der Waals surface area (Å²) in [7, 11) is 0. The van der Waals surface area contributed by atoms with Crippen molar-refractivity contribution in [3.05, 3.63) is 72.1 Å². The van der Waals surface area contributed by atoms with Crippen molar-refractivity contribution in [3.8, 4) is 0 Å². The molecule has 4 aromatic rings. The van der Waals surface area contributed by atoms with Gasteiger partial charge in [0.05, 0.1) is 11.0 Å². The largest absolute Gasteiger partial charge is 0.396 e. The topological polar surface area (TPSA) is 52.5 Å². The fourth-order valence-corrected chi connectivity index (χ4v) is 4.75. The molecule has 1 N–H and O–H groups in total. The predicted octanol–water partition coefficient (Wildman–Crippen LogP) is 4.33. The number of aryl methyl sites for hydroxylation is 2. The van der Waals surface area contributed by atoms with E-state index < -0.39 is 0 Å². The highest BCUT2D eigenvalue weighted by Gasteiger charge is 2.25. The summed E-state index contributed by atoms with van der Waals surface area (Å²) in [5.41, 5.74) is 6.50. The summed E-state index contributed by atoms with van der Waals surface area (Å²) in [4.78, 5) is 14.3. The van der Waals surface area contributed by atoms with Crippen LogP contribution in [-0.2, 0) is 0 Å². The average molecular weight is 413 g/mol. The van der Waals surface area contributed by atoms with Gasteiger partial charge in [0, 0.05) is 72.2 Å². The molecule has 1 saturated heterocycles. The van der Waals surface area contributed by atoms with Crippen molar-refractivity contribution < 1.29 is 5.11 Å². The van der Waals surface area contributed by atoms with Crippen LogP contribution in [-0.4, -0.2) is 47.9 Å². The number of nitrogens with zero attached hydrogens (tertiary/aromatic N) is 4. The van der Waals surface area contributed by atoms with Gasteiger partial charge in [-0.3, -0.25) is 9.97 Å². The third kappa shape index (κ3) is 3.81. The van der Waals surface area contributed by atoms with Gasteiger partial charge in [0.1, 0.15) is 0 Å². The van der Waals surface area contributed by atoms with E-state index in [-0.39, 0.29) is 12.5 Å². The predicted molar refractivity (Wildman–Crippen MR) is 128 cm³/mol. The maximum atomic E-state index is 10.2. The molecule has 0 unspecified atom stereocenters. The van der Waals surface area contributed by atoms with E-state index in [1.807, 2.05) is 12.1 Å². The lowest BCUT2D eigenvalue weighted by Gasteiger charge is -2.27. The Labute approximate surface area is 183 Å². The minimum absolute atomic E-state index is 0.155. The summed E-state index contributed by atoms with van der Waals surface area (Å²) in [5.74, 6) is 0.155. The lowest BCUT2D eigenvalue weighted by molar-refractivity contribution is 0.234. The van der Waals surface area contributed by atoms with Gasteiger partial charge >= 0.3 is 0 Å². The van der Waals surface area contributed by atoms with Gasteiger partial charge in [-0.25, -0.2) is 0 Å². The van der Waals surface area contributed by atoms with Crippen molar-refractivity contribution in [2.24, 2.45) is 5.92 Å². The van der Waals surface area contributed by atoms with Gasteiger partial charge in [-0.1, -0.05) is 36.4 Å². The van der Waals surface area contributed by atoms with E-state index in [1.54, 1.807) is 0 Å². The van der Waals surface area contributed by atoms with Gasteiger partial charge in [-0.2, -0.15) is 0 Å². The number of aliphatic hydroxyl groups excluding tert-OH is 1. The average Bonchev–Trinajstić information content (AvgIpc) is 3.00. The number of rotatable bonds is 3. The second kappa shape index (κ2) is 8.16. The first-order valence-electron chi connectivity index (χ1n) is 11.0. The molecule has 1 fully saturated rings. The number of hydrogen-bond donors (Lipinski definition) is 1. The molecule has 0 saturated carbocycles. The van der Waals surface area contributed by atoms with Crippen LogP contribution in [0.15, 0.2) is 60.7 Å². The molecular weight excluding hydrogens is 384 g/mol. The molecule has 5 heteroatoms. The SMILES string of the molecule is Cc1cc(N2CCN(c3cc(C)nc4ccccc34)CC(CO)C2)c2ccccc2n1. The van der Waals surface area contributed by atoms with Crippen LogP contribution < -0.4 is 9.80 Å². The molecule has 158 valence electrons. The van der Waals surface area contributed by atoms with Gasteiger partial charge in [-0.15, -0.1) is 0 Å². The molecule has 0 aliphatic carbocycles. The van der Waals surface area contributed by atoms with E-state index in [0.717, 1.165) is 48.6 Å². The number of pyridine rings is 2. The Kier molecular flexibility index (Phi) is 5.20.